The van der Waals surface area contributed by atoms with E-state index in [1.807, 2.05) is 118 Å². The molecule has 2 aromatic heterocycles. The maximum absolute atomic E-state index is 13.4. The second-order valence-electron chi connectivity index (χ2n) is 23.1. The third-order valence-corrected chi connectivity index (χ3v) is 15.0. The Hall–Kier alpha value is -7.97. The minimum atomic E-state index is -0.610. The number of ether oxygens (including phenoxy) is 7. The van der Waals surface area contributed by atoms with Gasteiger partial charge in [0, 0.05) is 106 Å². The number of nitrogen functional groups attached to an aromatic ring is 1. The van der Waals surface area contributed by atoms with Gasteiger partial charge in [0.15, 0.2) is 23.0 Å². The molecule has 3 amide bonds. The molecule has 4 aliphatic rings. The molecular weight excluding hydrogens is 1050 g/mol. The summed E-state index contributed by atoms with van der Waals surface area (Å²) in [4.78, 5) is 72.3. The van der Waals surface area contributed by atoms with Gasteiger partial charge in [0.05, 0.1) is 23.8 Å². The van der Waals surface area contributed by atoms with Crippen molar-refractivity contribution in [2.75, 3.05) is 83.9 Å². The lowest BCUT2D eigenvalue weighted by Gasteiger charge is -2.39. The molecule has 3 N–H and O–H groups in total. The number of rotatable bonds is 13. The van der Waals surface area contributed by atoms with Gasteiger partial charge in [0.2, 0.25) is 0 Å². The average molecular weight is 1130 g/mol. The van der Waals surface area contributed by atoms with Crippen LogP contribution in [0.2, 0.25) is 0 Å². The van der Waals surface area contributed by atoms with Gasteiger partial charge in [0.25, 0.3) is 11.1 Å². The number of carbonyl (C=O) groups excluding carboxylic acids is 3. The molecule has 0 spiro atoms. The van der Waals surface area contributed by atoms with Crippen LogP contribution in [0, 0.1) is 0 Å². The average Bonchev–Trinajstić information content (AvgIpc) is 3.55. The number of amides is 3. The first kappa shape index (κ1) is 58.7. The molecule has 10 rings (SSSR count). The van der Waals surface area contributed by atoms with E-state index in [2.05, 4.69) is 15.1 Å². The number of nitrogens with zero attached hydrogens (tertiary/aromatic N) is 6. The van der Waals surface area contributed by atoms with Gasteiger partial charge < -0.3 is 67.6 Å². The molecule has 6 heterocycles. The molecule has 0 radical (unpaired) electrons. The highest BCUT2D eigenvalue weighted by Crippen LogP contribution is 2.34. The fourth-order valence-electron chi connectivity index (χ4n) is 10.9. The third kappa shape index (κ3) is 14.9. The smallest absolute Gasteiger partial charge is 0.411 e. The number of methoxy groups -OCH3 is 1. The Bertz CT molecular complexity index is 3350. The van der Waals surface area contributed by atoms with Gasteiger partial charge in [-0.3, -0.25) is 14.9 Å². The molecule has 0 atom stereocenters. The molecule has 2 saturated heterocycles. The number of hydrogen-bond donors (Lipinski definition) is 2. The zero-order valence-corrected chi connectivity index (χ0v) is 48.3. The van der Waals surface area contributed by atoms with Crippen LogP contribution in [0.5, 0.6) is 23.0 Å². The Morgan fingerprint density at radius 2 is 0.988 bits per heavy atom. The first-order valence-corrected chi connectivity index (χ1v) is 28.4. The quantitative estimate of drug-likeness (QED) is 0.0816. The third-order valence-electron chi connectivity index (χ3n) is 15.0. The van der Waals surface area contributed by atoms with E-state index < -0.39 is 17.3 Å². The Kier molecular flexibility index (Phi) is 18.5. The van der Waals surface area contributed by atoms with Crippen molar-refractivity contribution in [2.45, 2.75) is 117 Å². The number of likely N-dealkylation sites (tertiary alicyclic amines) is 2. The summed E-state index contributed by atoms with van der Waals surface area (Å²) < 4.78 is 42.7. The number of benzene rings is 4. The van der Waals surface area contributed by atoms with Gasteiger partial charge >= 0.3 is 18.3 Å². The fourth-order valence-corrected chi connectivity index (χ4v) is 10.9. The highest BCUT2D eigenvalue weighted by molar-refractivity contribution is 5.98. The van der Waals surface area contributed by atoms with Crippen molar-refractivity contribution in [1.82, 2.24) is 28.7 Å². The maximum Gasteiger partial charge on any atom is 0.411 e. The van der Waals surface area contributed by atoms with E-state index >= 15 is 0 Å². The van der Waals surface area contributed by atoms with Crippen molar-refractivity contribution in [1.29, 1.82) is 0 Å². The lowest BCUT2D eigenvalue weighted by atomic mass is 10.0. The van der Waals surface area contributed by atoms with Crippen LogP contribution in [-0.2, 0) is 40.4 Å². The fraction of sp³-hybridized carbons (Fsp3) is 0.468. The van der Waals surface area contributed by atoms with Crippen LogP contribution in [-0.4, -0.2) is 143 Å². The second kappa shape index (κ2) is 25.9. The summed E-state index contributed by atoms with van der Waals surface area (Å²) >= 11 is 0. The van der Waals surface area contributed by atoms with Crippen molar-refractivity contribution in [3.8, 4) is 23.0 Å². The van der Waals surface area contributed by atoms with Crippen LogP contribution < -0.4 is 41.1 Å². The first-order chi connectivity index (χ1) is 39.3. The van der Waals surface area contributed by atoms with Crippen molar-refractivity contribution < 1.29 is 47.5 Å². The Morgan fingerprint density at radius 1 is 0.561 bits per heavy atom. The van der Waals surface area contributed by atoms with Crippen LogP contribution in [0.3, 0.4) is 0 Å². The first-order valence-electron chi connectivity index (χ1n) is 28.4. The van der Waals surface area contributed by atoms with E-state index in [4.69, 9.17) is 38.9 Å². The van der Waals surface area contributed by atoms with Gasteiger partial charge in [-0.15, -0.1) is 0 Å². The number of aromatic nitrogens is 2. The largest absolute Gasteiger partial charge is 0.486 e. The molecule has 0 saturated carbocycles. The number of fused-ring (bicyclic) bond motifs is 4. The number of pyridine rings is 2. The zero-order valence-electron chi connectivity index (χ0n) is 48.3. The standard InChI is InChI=1S/C32H40N4O7.C30H38N4O5/c1-32(2,3)43-31(39)36(21-22-8-10-27-28(20-22)42-19-18-41-27)23-12-14-34(15-13-23)16-17-35-26-7-5-6-25(33-30(38)40-4)24(26)9-11-29(35)37;1-30(2,3)39-29(36)34(20-21-7-9-26-27(19-21)38-18-17-37-26)22-11-13-32(14-12-22)15-16-33-25-6-4-5-24(31)23(25)8-10-28(33)35/h5-11,20,23H,12-19,21H2,1-4H3,(H,33,38);4-10,19,22H,11-18,20,31H2,1-3H3. The summed E-state index contributed by atoms with van der Waals surface area (Å²) in [5.74, 6) is 2.85. The van der Waals surface area contributed by atoms with Crippen LogP contribution >= 0.6 is 0 Å². The monoisotopic (exact) mass is 1130 g/mol. The van der Waals surface area contributed by atoms with E-state index in [9.17, 15) is 24.0 Å². The SMILES string of the molecule is CC(C)(C)OC(=O)N(Cc1ccc2c(c1)OCCO2)C1CCN(CCn2c(=O)ccc3c(N)cccc32)CC1.COC(=O)Nc1cccc2c1ccc(=O)n2CCN1CCC(N(Cc2ccc3c(c2)OCCO3)C(=O)OC(C)(C)C)CC1. The molecule has 2 fully saturated rings. The molecular formula is C62H78N8O12. The van der Waals surface area contributed by atoms with Crippen LogP contribution in [0.15, 0.2) is 107 Å². The van der Waals surface area contributed by atoms with E-state index in [-0.39, 0.29) is 35.4 Å². The van der Waals surface area contributed by atoms with Gasteiger partial charge in [-0.2, -0.15) is 0 Å². The summed E-state index contributed by atoms with van der Waals surface area (Å²) in [6.07, 6.45) is 1.99. The van der Waals surface area contributed by atoms with E-state index in [0.29, 0.717) is 87.8 Å². The number of nitrogens with one attached hydrogen (secondary N) is 1. The van der Waals surface area contributed by atoms with Crippen molar-refractivity contribution >= 4 is 51.5 Å². The number of piperidine rings is 2. The zero-order chi connectivity index (χ0) is 58.1. The lowest BCUT2D eigenvalue weighted by Crippen LogP contribution is -2.49. The van der Waals surface area contributed by atoms with E-state index in [1.54, 1.807) is 33.4 Å². The Balaban J connectivity index is 0.000000198. The van der Waals surface area contributed by atoms with Crippen LogP contribution in [0.25, 0.3) is 21.8 Å². The molecule has 0 unspecified atom stereocenters. The van der Waals surface area contributed by atoms with Gasteiger partial charge in [-0.05, 0) is 139 Å². The molecule has 6 aromatic rings. The number of hydrogen-bond acceptors (Lipinski definition) is 15. The van der Waals surface area contributed by atoms with Crippen molar-refractivity contribution in [3.05, 3.63) is 129 Å². The summed E-state index contributed by atoms with van der Waals surface area (Å²) in [7, 11) is 1.31. The minimum absolute atomic E-state index is 0.00605. The molecule has 0 bridgehead atoms. The Labute approximate surface area is 478 Å². The highest BCUT2D eigenvalue weighted by Gasteiger charge is 2.34. The molecule has 20 heteroatoms. The molecule has 4 aromatic carbocycles. The number of nitrogens with two attached hydrogens (primary N) is 1. The van der Waals surface area contributed by atoms with E-state index in [0.717, 1.165) is 97.1 Å². The molecule has 4 aliphatic heterocycles. The van der Waals surface area contributed by atoms with Gasteiger partial charge in [0.1, 0.15) is 37.6 Å². The van der Waals surface area contributed by atoms with Crippen molar-refractivity contribution in [3.63, 3.8) is 0 Å². The molecule has 0 aliphatic carbocycles. The maximum atomic E-state index is 13.4. The predicted molar refractivity (Wildman–Crippen MR) is 314 cm³/mol. The molecule has 438 valence electrons. The van der Waals surface area contributed by atoms with Crippen molar-refractivity contribution in [2.24, 2.45) is 0 Å². The Morgan fingerprint density at radius 3 is 1.44 bits per heavy atom. The highest BCUT2D eigenvalue weighted by atomic mass is 16.6. The lowest BCUT2D eigenvalue weighted by molar-refractivity contribution is 0.00468. The summed E-state index contributed by atoms with van der Waals surface area (Å²) in [6, 6.07) is 29.4. The van der Waals surface area contributed by atoms with Crippen LogP contribution in [0.4, 0.5) is 25.8 Å². The van der Waals surface area contributed by atoms with E-state index in [1.165, 1.54) is 13.2 Å². The predicted octanol–water partition coefficient (Wildman–Crippen LogP) is 9.11. The number of carbonyl (C=O) groups is 3. The summed E-state index contributed by atoms with van der Waals surface area (Å²) in [6.45, 7) is 19.9. The topological polar surface area (TPSA) is 211 Å². The van der Waals surface area contributed by atoms with Crippen LogP contribution in [0.1, 0.15) is 78.4 Å². The summed E-state index contributed by atoms with van der Waals surface area (Å²) in [5, 5.41) is 4.37. The number of anilines is 2. The van der Waals surface area contributed by atoms with Gasteiger partial charge in [-0.1, -0.05) is 24.3 Å². The molecule has 82 heavy (non-hydrogen) atoms. The normalized spacial score (nSPS) is 15.9. The summed E-state index contributed by atoms with van der Waals surface area (Å²) in [5.41, 5.74) is 9.57. The molecule has 20 nitrogen and oxygen atoms in total. The minimum Gasteiger partial charge on any atom is -0.486 e. The second-order valence-corrected chi connectivity index (χ2v) is 23.1. The van der Waals surface area contributed by atoms with Gasteiger partial charge in [-0.25, -0.2) is 14.4 Å².